The average molecular weight is 540 g/mol. The van der Waals surface area contributed by atoms with Gasteiger partial charge in [-0.2, -0.15) is 0 Å². The van der Waals surface area contributed by atoms with E-state index in [9.17, 15) is 25.2 Å². The first-order valence-electron chi connectivity index (χ1n) is 9.45. The van der Waals surface area contributed by atoms with E-state index in [4.69, 9.17) is 65.4 Å². The van der Waals surface area contributed by atoms with Gasteiger partial charge in [0.1, 0.15) is 50.8 Å². The zero-order chi connectivity index (χ0) is 24.1. The number of hydrogen-bond acceptors (Lipinski definition) is 9. The first-order chi connectivity index (χ1) is 15.2. The van der Waals surface area contributed by atoms with Crippen LogP contribution >= 0.6 is 46.4 Å². The Balaban J connectivity index is 3.29. The molecular formula is C19H26Cl4O9. The van der Waals surface area contributed by atoms with Gasteiger partial charge in [-0.05, 0) is 12.1 Å². The number of aliphatic hydroxyl groups excluding tert-OH is 4. The monoisotopic (exact) mass is 538 g/mol. The molecule has 0 heterocycles. The molecule has 0 aliphatic carbocycles. The summed E-state index contributed by atoms with van der Waals surface area (Å²) in [6.45, 7) is -1.07. The van der Waals surface area contributed by atoms with Gasteiger partial charge in [0.15, 0.2) is 11.5 Å². The van der Waals surface area contributed by atoms with Crippen molar-refractivity contribution in [3.05, 3.63) is 17.7 Å². The van der Waals surface area contributed by atoms with E-state index >= 15 is 0 Å². The van der Waals surface area contributed by atoms with Crippen molar-refractivity contribution >= 4 is 52.4 Å². The summed E-state index contributed by atoms with van der Waals surface area (Å²) < 4.78 is 21.7. The number of alkyl halides is 4. The van der Waals surface area contributed by atoms with Crippen LogP contribution in [-0.2, 0) is 4.74 Å². The number of esters is 1. The molecule has 1 aromatic rings. The minimum atomic E-state index is -1.05. The van der Waals surface area contributed by atoms with Gasteiger partial charge in [-0.25, -0.2) is 4.79 Å². The molecule has 4 N–H and O–H groups in total. The third kappa shape index (κ3) is 10.4. The number of hydrogen-bond donors (Lipinski definition) is 4. The largest absolute Gasteiger partial charge is 0.487 e. The number of halogens is 4. The zero-order valence-corrected chi connectivity index (χ0v) is 20.0. The van der Waals surface area contributed by atoms with Crippen LogP contribution in [-0.4, -0.2) is 101 Å². The van der Waals surface area contributed by atoms with Crippen LogP contribution in [0.3, 0.4) is 0 Å². The van der Waals surface area contributed by atoms with Crippen LogP contribution in [0.15, 0.2) is 12.1 Å². The lowest BCUT2D eigenvalue weighted by Gasteiger charge is -2.20. The van der Waals surface area contributed by atoms with Gasteiger partial charge in [0.05, 0.1) is 29.1 Å². The Hall–Kier alpha value is -0.910. The normalized spacial score (nSPS) is 14.9. The molecule has 0 aliphatic rings. The Morgan fingerprint density at radius 2 is 1.06 bits per heavy atom. The molecule has 0 bridgehead atoms. The third-order valence-electron chi connectivity index (χ3n) is 3.66. The fraction of sp³-hybridized carbons (Fsp3) is 0.632. The van der Waals surface area contributed by atoms with Gasteiger partial charge in [0, 0.05) is 0 Å². The van der Waals surface area contributed by atoms with Gasteiger partial charge in [0.2, 0.25) is 5.75 Å². The molecule has 0 amide bonds. The van der Waals surface area contributed by atoms with E-state index in [0.717, 1.165) is 0 Å². The summed E-state index contributed by atoms with van der Waals surface area (Å²) >= 11 is 22.3. The van der Waals surface area contributed by atoms with Crippen LogP contribution in [0.1, 0.15) is 10.4 Å². The topological polar surface area (TPSA) is 135 Å². The highest BCUT2D eigenvalue weighted by atomic mass is 35.5. The maximum atomic E-state index is 12.5. The van der Waals surface area contributed by atoms with E-state index in [0.29, 0.717) is 0 Å². The molecule has 0 aromatic heterocycles. The average Bonchev–Trinajstić information content (AvgIpc) is 2.82. The van der Waals surface area contributed by atoms with Crippen LogP contribution < -0.4 is 14.2 Å². The second-order valence-corrected chi connectivity index (χ2v) is 7.80. The van der Waals surface area contributed by atoms with Crippen molar-refractivity contribution in [2.45, 2.75) is 24.4 Å². The fourth-order valence-electron chi connectivity index (χ4n) is 2.04. The predicted molar refractivity (Wildman–Crippen MR) is 120 cm³/mol. The van der Waals surface area contributed by atoms with Crippen LogP contribution in [0.2, 0.25) is 0 Å². The predicted octanol–water partition coefficient (Wildman–Crippen LogP) is 1.38. The van der Waals surface area contributed by atoms with E-state index in [-0.39, 0.29) is 72.8 Å². The smallest absolute Gasteiger partial charge is 0.338 e. The first kappa shape index (κ1) is 29.1. The maximum absolute atomic E-state index is 12.5. The van der Waals surface area contributed by atoms with Crippen LogP contribution in [0.4, 0.5) is 0 Å². The maximum Gasteiger partial charge on any atom is 0.338 e. The Labute approximate surface area is 205 Å². The van der Waals surface area contributed by atoms with Gasteiger partial charge in [-0.15, -0.1) is 46.4 Å². The van der Waals surface area contributed by atoms with Crippen LogP contribution in [0.25, 0.3) is 0 Å². The van der Waals surface area contributed by atoms with Crippen molar-refractivity contribution in [1.29, 1.82) is 0 Å². The molecule has 13 heteroatoms. The van der Waals surface area contributed by atoms with E-state index in [1.807, 2.05) is 0 Å². The zero-order valence-electron chi connectivity index (χ0n) is 17.0. The quantitative estimate of drug-likeness (QED) is 0.181. The summed E-state index contributed by atoms with van der Waals surface area (Å²) in [4.78, 5) is 12.5. The SMILES string of the molecule is O=C(OCC(O)CCl)c1cc(OCC(O)CCl)c(OCC(O)CCl)c(OCC(O)CCl)c1. The molecule has 0 radical (unpaired) electrons. The van der Waals surface area contributed by atoms with Gasteiger partial charge in [-0.3, -0.25) is 0 Å². The van der Waals surface area contributed by atoms with Crippen LogP contribution in [0, 0.1) is 0 Å². The minimum absolute atomic E-state index is 0.0185. The van der Waals surface area contributed by atoms with E-state index in [2.05, 4.69) is 0 Å². The van der Waals surface area contributed by atoms with Gasteiger partial charge < -0.3 is 39.4 Å². The number of ether oxygens (including phenoxy) is 4. The fourth-order valence-corrected chi connectivity index (χ4v) is 2.39. The molecule has 0 aliphatic heterocycles. The summed E-state index contributed by atoms with van der Waals surface area (Å²) in [5.74, 6) is -1.34. The Morgan fingerprint density at radius 3 is 1.47 bits per heavy atom. The van der Waals surface area contributed by atoms with Gasteiger partial charge in [0.25, 0.3) is 0 Å². The molecule has 32 heavy (non-hydrogen) atoms. The summed E-state index contributed by atoms with van der Waals surface area (Å²) in [6, 6.07) is 2.53. The molecule has 0 spiro atoms. The lowest BCUT2D eigenvalue weighted by atomic mass is 10.1. The molecule has 1 aromatic carbocycles. The van der Waals surface area contributed by atoms with Crippen molar-refractivity contribution in [2.75, 3.05) is 49.9 Å². The molecule has 1 rings (SSSR count). The molecule has 0 saturated heterocycles. The second-order valence-electron chi connectivity index (χ2n) is 6.57. The Kier molecular flexibility index (Phi) is 14.4. The lowest BCUT2D eigenvalue weighted by molar-refractivity contribution is 0.0301. The molecule has 4 atom stereocenters. The number of rotatable bonds is 16. The van der Waals surface area contributed by atoms with Crippen molar-refractivity contribution < 1.29 is 44.2 Å². The van der Waals surface area contributed by atoms with E-state index in [1.54, 1.807) is 0 Å². The highest BCUT2D eigenvalue weighted by Gasteiger charge is 2.22. The molecule has 4 unspecified atom stereocenters. The van der Waals surface area contributed by atoms with E-state index < -0.39 is 30.4 Å². The van der Waals surface area contributed by atoms with Crippen LogP contribution in [0.5, 0.6) is 17.2 Å². The Morgan fingerprint density at radius 1 is 0.688 bits per heavy atom. The van der Waals surface area contributed by atoms with Crippen molar-refractivity contribution in [3.63, 3.8) is 0 Å². The van der Waals surface area contributed by atoms with Crippen molar-refractivity contribution in [3.8, 4) is 17.2 Å². The summed E-state index contributed by atoms with van der Waals surface area (Å²) in [5, 5.41) is 38.7. The Bertz CT molecular complexity index is 660. The molecule has 9 nitrogen and oxygen atoms in total. The van der Waals surface area contributed by atoms with Crippen molar-refractivity contribution in [2.24, 2.45) is 0 Å². The molecule has 0 saturated carbocycles. The summed E-state index contributed by atoms with van der Waals surface area (Å²) in [5.41, 5.74) is -0.0391. The van der Waals surface area contributed by atoms with Gasteiger partial charge in [-0.1, -0.05) is 0 Å². The standard InChI is InChI=1S/C19H26Cl4O9/c20-3-12(24)7-29-16-1-11(19(28)32-10-15(27)6-23)2-17(30-8-13(25)4-21)18(16)31-9-14(26)5-22/h1-2,12-15,24-27H,3-10H2. The molecular weight excluding hydrogens is 514 g/mol. The second kappa shape index (κ2) is 15.8. The number of carbonyl (C=O) groups excluding carboxylic acids is 1. The summed E-state index contributed by atoms with van der Waals surface area (Å²) in [7, 11) is 0. The number of aliphatic hydroxyl groups is 4. The third-order valence-corrected chi connectivity index (χ3v) is 5.08. The highest BCUT2D eigenvalue weighted by molar-refractivity contribution is 6.18. The van der Waals surface area contributed by atoms with Gasteiger partial charge >= 0.3 is 5.97 Å². The summed E-state index contributed by atoms with van der Waals surface area (Å²) in [6.07, 6.45) is -4.10. The highest BCUT2D eigenvalue weighted by Crippen LogP contribution is 2.39. The minimum Gasteiger partial charge on any atom is -0.487 e. The molecule has 184 valence electrons. The van der Waals surface area contributed by atoms with Crippen molar-refractivity contribution in [1.82, 2.24) is 0 Å². The van der Waals surface area contributed by atoms with E-state index in [1.165, 1.54) is 12.1 Å². The lowest BCUT2D eigenvalue weighted by Crippen LogP contribution is -2.23. The number of carbonyl (C=O) groups is 1. The number of benzene rings is 1. The first-order valence-corrected chi connectivity index (χ1v) is 11.6. The molecule has 0 fully saturated rings.